The Bertz CT molecular complexity index is 722. The van der Waals surface area contributed by atoms with Crippen molar-refractivity contribution in [3.05, 3.63) is 42.0 Å². The minimum absolute atomic E-state index is 0.229. The molecule has 0 atom stereocenters. The molecule has 0 saturated heterocycles. The molecule has 0 fully saturated rings. The highest BCUT2D eigenvalue weighted by Crippen LogP contribution is 2.20. The second-order valence-corrected chi connectivity index (χ2v) is 6.54. The van der Waals surface area contributed by atoms with Crippen LogP contribution in [0.1, 0.15) is 24.6 Å². The van der Waals surface area contributed by atoms with Crippen LogP contribution >= 0.6 is 0 Å². The normalized spacial score (nSPS) is 11.6. The lowest BCUT2D eigenvalue weighted by atomic mass is 10.3. The Balaban J connectivity index is 2.34. The van der Waals surface area contributed by atoms with E-state index >= 15 is 0 Å². The van der Waals surface area contributed by atoms with E-state index in [9.17, 15) is 8.42 Å². The first kappa shape index (κ1) is 15.5. The summed E-state index contributed by atoms with van der Waals surface area (Å²) in [4.78, 5) is 4.18. The van der Waals surface area contributed by atoms with Gasteiger partial charge in [0, 0.05) is 37.4 Å². The predicted molar refractivity (Wildman–Crippen MR) is 82.4 cm³/mol. The minimum atomic E-state index is -3.62. The molecule has 0 amide bonds. The molecule has 0 bridgehead atoms. The molecule has 0 spiro atoms. The predicted octanol–water partition coefficient (Wildman–Crippen LogP) is 1.86. The number of nitrogens with one attached hydrogen (secondary N) is 1. The van der Waals surface area contributed by atoms with E-state index in [0.717, 1.165) is 24.2 Å². The number of aromatic nitrogens is 2. The number of pyridine rings is 1. The van der Waals surface area contributed by atoms with E-state index in [2.05, 4.69) is 9.71 Å². The van der Waals surface area contributed by atoms with Crippen molar-refractivity contribution >= 4 is 15.7 Å². The summed E-state index contributed by atoms with van der Waals surface area (Å²) in [6.45, 7) is 4.89. The van der Waals surface area contributed by atoms with Gasteiger partial charge in [0.2, 0.25) is 0 Å². The number of nitrogens with two attached hydrogens (primary N) is 1. The summed E-state index contributed by atoms with van der Waals surface area (Å²) < 4.78 is 29.4. The SMILES string of the molecule is CCCn1cc(S(=O)(=O)Nc2ccncc2C)cc1CN. The average molecular weight is 308 g/mol. The Labute approximate surface area is 125 Å². The lowest BCUT2D eigenvalue weighted by Crippen LogP contribution is -2.13. The molecule has 2 aromatic heterocycles. The van der Waals surface area contributed by atoms with Gasteiger partial charge in [0.25, 0.3) is 10.0 Å². The maximum Gasteiger partial charge on any atom is 0.263 e. The Morgan fingerprint density at radius 1 is 1.43 bits per heavy atom. The summed E-state index contributed by atoms with van der Waals surface area (Å²) in [6.07, 6.45) is 5.71. The Hall–Kier alpha value is -1.86. The molecule has 0 aliphatic rings. The van der Waals surface area contributed by atoms with Crippen molar-refractivity contribution in [2.24, 2.45) is 5.73 Å². The van der Waals surface area contributed by atoms with Gasteiger partial charge in [0.15, 0.2) is 0 Å². The zero-order chi connectivity index (χ0) is 15.5. The summed E-state index contributed by atoms with van der Waals surface area (Å²) in [6, 6.07) is 3.26. The van der Waals surface area contributed by atoms with Gasteiger partial charge in [-0.25, -0.2) is 8.42 Å². The lowest BCUT2D eigenvalue weighted by molar-refractivity contribution is 0.600. The van der Waals surface area contributed by atoms with Crippen LogP contribution in [0.3, 0.4) is 0 Å². The highest BCUT2D eigenvalue weighted by atomic mass is 32.2. The number of nitrogens with zero attached hydrogens (tertiary/aromatic N) is 2. The second-order valence-electron chi connectivity index (χ2n) is 4.86. The molecule has 2 heterocycles. The molecule has 0 unspecified atom stereocenters. The Morgan fingerprint density at radius 2 is 2.19 bits per heavy atom. The fourth-order valence-electron chi connectivity index (χ4n) is 2.08. The zero-order valence-corrected chi connectivity index (χ0v) is 13.0. The lowest BCUT2D eigenvalue weighted by Gasteiger charge is -2.08. The fraction of sp³-hybridized carbons (Fsp3) is 0.357. The molecule has 3 N–H and O–H groups in total. The molecule has 2 rings (SSSR count). The maximum absolute atomic E-state index is 12.5. The van der Waals surface area contributed by atoms with E-state index in [-0.39, 0.29) is 4.90 Å². The molecule has 0 radical (unpaired) electrons. The van der Waals surface area contributed by atoms with Crippen LogP contribution in [-0.4, -0.2) is 18.0 Å². The van der Waals surface area contributed by atoms with Crippen LogP contribution in [0.2, 0.25) is 0 Å². The summed E-state index contributed by atoms with van der Waals surface area (Å²) in [5.41, 5.74) is 7.78. The number of hydrogen-bond donors (Lipinski definition) is 2. The molecule has 0 aromatic carbocycles. The minimum Gasteiger partial charge on any atom is -0.349 e. The van der Waals surface area contributed by atoms with Gasteiger partial charge in [0.1, 0.15) is 4.90 Å². The average Bonchev–Trinajstić information content (AvgIpc) is 2.86. The molecule has 21 heavy (non-hydrogen) atoms. The fourth-order valence-corrected chi connectivity index (χ4v) is 3.28. The topological polar surface area (TPSA) is 90.0 Å². The van der Waals surface area contributed by atoms with Crippen molar-refractivity contribution < 1.29 is 8.42 Å². The van der Waals surface area contributed by atoms with Crippen LogP contribution in [0.25, 0.3) is 0 Å². The van der Waals surface area contributed by atoms with Crippen LogP contribution in [0, 0.1) is 6.92 Å². The smallest absolute Gasteiger partial charge is 0.263 e. The molecule has 2 aromatic rings. The monoisotopic (exact) mass is 308 g/mol. The van der Waals surface area contributed by atoms with E-state index in [0.29, 0.717) is 12.2 Å². The van der Waals surface area contributed by atoms with Crippen LogP contribution < -0.4 is 10.5 Å². The molecular formula is C14H20N4O2S. The molecule has 0 aliphatic carbocycles. The van der Waals surface area contributed by atoms with Crippen molar-refractivity contribution in [3.63, 3.8) is 0 Å². The van der Waals surface area contributed by atoms with Gasteiger partial charge >= 0.3 is 0 Å². The van der Waals surface area contributed by atoms with E-state index in [1.54, 1.807) is 37.6 Å². The molecule has 0 saturated carbocycles. The van der Waals surface area contributed by atoms with Crippen molar-refractivity contribution in [1.82, 2.24) is 9.55 Å². The van der Waals surface area contributed by atoms with Gasteiger partial charge in [-0.2, -0.15) is 0 Å². The quantitative estimate of drug-likeness (QED) is 0.852. The first-order valence-electron chi connectivity index (χ1n) is 6.80. The first-order chi connectivity index (χ1) is 9.97. The summed E-state index contributed by atoms with van der Waals surface area (Å²) in [5.74, 6) is 0. The van der Waals surface area contributed by atoms with E-state index < -0.39 is 10.0 Å². The first-order valence-corrected chi connectivity index (χ1v) is 8.28. The van der Waals surface area contributed by atoms with E-state index in [1.165, 1.54) is 0 Å². The summed E-state index contributed by atoms with van der Waals surface area (Å²) in [5, 5.41) is 0. The summed E-state index contributed by atoms with van der Waals surface area (Å²) >= 11 is 0. The van der Waals surface area contributed by atoms with Crippen LogP contribution in [0.15, 0.2) is 35.6 Å². The largest absolute Gasteiger partial charge is 0.349 e. The van der Waals surface area contributed by atoms with Crippen LogP contribution in [-0.2, 0) is 23.1 Å². The Morgan fingerprint density at radius 3 is 2.81 bits per heavy atom. The van der Waals surface area contributed by atoms with Gasteiger partial charge in [-0.1, -0.05) is 6.92 Å². The van der Waals surface area contributed by atoms with Crippen molar-refractivity contribution in [1.29, 1.82) is 0 Å². The number of hydrogen-bond acceptors (Lipinski definition) is 4. The third kappa shape index (κ3) is 3.43. The number of aryl methyl sites for hydroxylation is 2. The van der Waals surface area contributed by atoms with Crippen molar-refractivity contribution in [2.75, 3.05) is 4.72 Å². The van der Waals surface area contributed by atoms with Crippen molar-refractivity contribution in [3.8, 4) is 0 Å². The van der Waals surface area contributed by atoms with Gasteiger partial charge < -0.3 is 10.3 Å². The number of anilines is 1. The van der Waals surface area contributed by atoms with E-state index in [1.807, 2.05) is 11.5 Å². The van der Waals surface area contributed by atoms with Gasteiger partial charge in [0.05, 0.1) is 5.69 Å². The molecule has 114 valence electrons. The third-order valence-electron chi connectivity index (χ3n) is 3.21. The van der Waals surface area contributed by atoms with E-state index in [4.69, 9.17) is 5.73 Å². The van der Waals surface area contributed by atoms with Gasteiger partial charge in [-0.3, -0.25) is 9.71 Å². The zero-order valence-electron chi connectivity index (χ0n) is 12.2. The standard InChI is InChI=1S/C14H20N4O2S/c1-3-6-18-10-13(7-12(18)8-15)21(19,20)17-14-4-5-16-9-11(14)2/h4-5,7,9-10H,3,6,8,15H2,1-2H3,(H,16,17). The second kappa shape index (κ2) is 6.28. The van der Waals surface area contributed by atoms with Gasteiger partial charge in [-0.15, -0.1) is 0 Å². The van der Waals surface area contributed by atoms with Crippen LogP contribution in [0.4, 0.5) is 5.69 Å². The molecule has 6 nitrogen and oxygen atoms in total. The van der Waals surface area contributed by atoms with Gasteiger partial charge in [-0.05, 0) is 31.0 Å². The number of rotatable bonds is 6. The van der Waals surface area contributed by atoms with Crippen molar-refractivity contribution in [2.45, 2.75) is 38.3 Å². The summed E-state index contributed by atoms with van der Waals surface area (Å²) in [7, 11) is -3.62. The highest BCUT2D eigenvalue weighted by molar-refractivity contribution is 7.92. The van der Waals surface area contributed by atoms with Crippen LogP contribution in [0.5, 0.6) is 0 Å². The molecular weight excluding hydrogens is 288 g/mol. The highest BCUT2D eigenvalue weighted by Gasteiger charge is 2.18. The molecule has 0 aliphatic heterocycles. The third-order valence-corrected chi connectivity index (χ3v) is 4.54. The Kier molecular flexibility index (Phi) is 4.64. The molecule has 7 heteroatoms. The number of sulfonamides is 1. The maximum atomic E-state index is 12.5.